The number of nitrogens with one attached hydrogen (secondary N) is 1. The average Bonchev–Trinajstić information content (AvgIpc) is 3.52. The lowest BCUT2D eigenvalue weighted by molar-refractivity contribution is -0.113. The van der Waals surface area contributed by atoms with Crippen LogP contribution in [0.5, 0.6) is 5.75 Å². The summed E-state index contributed by atoms with van der Waals surface area (Å²) in [6, 6.07) is 21.7. The number of fused-ring (bicyclic) bond motifs is 1. The number of ether oxygens (including phenoxy) is 1. The van der Waals surface area contributed by atoms with Crippen LogP contribution in [-0.4, -0.2) is 38.5 Å². The molecule has 3 aromatic carbocycles. The van der Waals surface area contributed by atoms with Crippen LogP contribution in [0.25, 0.3) is 32.2 Å². The number of allylic oxidation sites excluding steroid dienone is 1. The number of aryl methyl sites for hydroxylation is 1. The molecule has 186 valence electrons. The Morgan fingerprint density at radius 3 is 2.73 bits per heavy atom. The zero-order valence-electron chi connectivity index (χ0n) is 20.5. The van der Waals surface area contributed by atoms with Crippen molar-refractivity contribution in [1.29, 1.82) is 0 Å². The summed E-state index contributed by atoms with van der Waals surface area (Å²) in [7, 11) is 1.62. The van der Waals surface area contributed by atoms with Crippen LogP contribution in [-0.2, 0) is 11.3 Å². The lowest BCUT2D eigenvalue weighted by Crippen LogP contribution is -2.14. The molecule has 0 aliphatic rings. The van der Waals surface area contributed by atoms with E-state index in [4.69, 9.17) is 9.72 Å². The first kappa shape index (κ1) is 24.7. The van der Waals surface area contributed by atoms with Gasteiger partial charge >= 0.3 is 0 Å². The summed E-state index contributed by atoms with van der Waals surface area (Å²) in [5.74, 6) is 1.44. The van der Waals surface area contributed by atoms with E-state index < -0.39 is 0 Å². The number of aromatic nitrogens is 4. The average molecular weight is 528 g/mol. The van der Waals surface area contributed by atoms with Gasteiger partial charge in [-0.05, 0) is 61.0 Å². The molecule has 0 aliphatic carbocycles. The smallest absolute Gasteiger partial charge is 0.234 e. The second kappa shape index (κ2) is 11.0. The molecule has 2 aromatic heterocycles. The van der Waals surface area contributed by atoms with Gasteiger partial charge in [-0.1, -0.05) is 36.0 Å². The van der Waals surface area contributed by atoms with E-state index in [1.165, 1.54) is 22.0 Å². The number of thiazole rings is 1. The van der Waals surface area contributed by atoms with E-state index in [1.54, 1.807) is 24.5 Å². The first-order chi connectivity index (χ1) is 18.1. The molecule has 9 heteroatoms. The van der Waals surface area contributed by atoms with Crippen molar-refractivity contribution in [1.82, 2.24) is 19.7 Å². The van der Waals surface area contributed by atoms with Crippen LogP contribution in [0.4, 0.5) is 5.69 Å². The highest BCUT2D eigenvalue weighted by Gasteiger charge is 2.18. The molecule has 7 nitrogen and oxygen atoms in total. The Hall–Kier alpha value is -3.95. The predicted molar refractivity (Wildman–Crippen MR) is 151 cm³/mol. The number of anilines is 1. The Morgan fingerprint density at radius 2 is 1.95 bits per heavy atom. The van der Waals surface area contributed by atoms with Gasteiger partial charge in [0.15, 0.2) is 11.0 Å². The van der Waals surface area contributed by atoms with Crippen molar-refractivity contribution in [3.05, 3.63) is 84.9 Å². The number of nitrogens with zero attached hydrogens (tertiary/aromatic N) is 4. The van der Waals surface area contributed by atoms with Crippen molar-refractivity contribution in [2.24, 2.45) is 0 Å². The second-order valence-electron chi connectivity index (χ2n) is 8.31. The highest BCUT2D eigenvalue weighted by atomic mass is 32.2. The normalized spacial score (nSPS) is 11.0. The van der Waals surface area contributed by atoms with Crippen LogP contribution in [0.2, 0.25) is 0 Å². The van der Waals surface area contributed by atoms with Gasteiger partial charge in [-0.2, -0.15) is 0 Å². The Morgan fingerprint density at radius 1 is 1.14 bits per heavy atom. The number of hydrogen-bond donors (Lipinski definition) is 1. The van der Waals surface area contributed by atoms with E-state index in [-0.39, 0.29) is 11.7 Å². The van der Waals surface area contributed by atoms with E-state index in [9.17, 15) is 4.79 Å². The minimum absolute atomic E-state index is 0.125. The maximum absolute atomic E-state index is 12.7. The largest absolute Gasteiger partial charge is 0.496 e. The lowest BCUT2D eigenvalue weighted by Gasteiger charge is -2.10. The number of hydrogen-bond acceptors (Lipinski definition) is 7. The number of carbonyl (C=O) groups is 1. The molecule has 5 aromatic rings. The molecule has 0 bridgehead atoms. The fourth-order valence-corrected chi connectivity index (χ4v) is 5.71. The monoisotopic (exact) mass is 527 g/mol. The SMILES string of the molecule is C=CCn1c(SCC(=O)Nc2ccc(-c3nc4ccc(C)cc4s3)cc2)nnc1-c1ccccc1OC. The molecule has 0 spiro atoms. The fraction of sp³-hybridized carbons (Fsp3) is 0.143. The Labute approximate surface area is 223 Å². The van der Waals surface area contributed by atoms with Gasteiger partial charge in [0.05, 0.1) is 28.6 Å². The Balaban J connectivity index is 1.25. The third-order valence-electron chi connectivity index (χ3n) is 5.67. The molecule has 0 fully saturated rings. The molecule has 0 saturated heterocycles. The zero-order chi connectivity index (χ0) is 25.8. The molecule has 5 rings (SSSR count). The minimum atomic E-state index is -0.125. The number of rotatable bonds is 9. The third-order valence-corrected chi connectivity index (χ3v) is 7.70. The van der Waals surface area contributed by atoms with E-state index in [0.717, 1.165) is 27.3 Å². The maximum Gasteiger partial charge on any atom is 0.234 e. The molecular weight excluding hydrogens is 502 g/mol. The van der Waals surface area contributed by atoms with E-state index in [1.807, 2.05) is 59.2 Å². The van der Waals surface area contributed by atoms with Gasteiger partial charge in [-0.3, -0.25) is 9.36 Å². The van der Waals surface area contributed by atoms with Crippen molar-refractivity contribution in [2.75, 3.05) is 18.2 Å². The lowest BCUT2D eigenvalue weighted by atomic mass is 10.2. The van der Waals surface area contributed by atoms with Gasteiger partial charge in [0.2, 0.25) is 5.91 Å². The molecule has 37 heavy (non-hydrogen) atoms. The second-order valence-corrected chi connectivity index (χ2v) is 10.3. The number of thioether (sulfide) groups is 1. The summed E-state index contributed by atoms with van der Waals surface area (Å²) >= 11 is 2.99. The molecular formula is C28H25N5O2S2. The highest BCUT2D eigenvalue weighted by molar-refractivity contribution is 7.99. The predicted octanol–water partition coefficient (Wildman–Crippen LogP) is 6.46. The van der Waals surface area contributed by atoms with Crippen molar-refractivity contribution in [3.8, 4) is 27.7 Å². The van der Waals surface area contributed by atoms with Crippen LogP contribution >= 0.6 is 23.1 Å². The van der Waals surface area contributed by atoms with Gasteiger partial charge in [0, 0.05) is 17.8 Å². The maximum atomic E-state index is 12.7. The van der Waals surface area contributed by atoms with Crippen LogP contribution in [0.3, 0.4) is 0 Å². The molecule has 2 heterocycles. The van der Waals surface area contributed by atoms with Crippen molar-refractivity contribution >= 4 is 44.9 Å². The number of carbonyl (C=O) groups excluding carboxylic acids is 1. The molecule has 0 atom stereocenters. The van der Waals surface area contributed by atoms with E-state index in [0.29, 0.717) is 23.3 Å². The molecule has 0 unspecified atom stereocenters. The van der Waals surface area contributed by atoms with Gasteiger partial charge in [0.1, 0.15) is 10.8 Å². The number of para-hydroxylation sites is 1. The Kier molecular flexibility index (Phi) is 7.34. The van der Waals surface area contributed by atoms with E-state index in [2.05, 4.69) is 41.1 Å². The summed E-state index contributed by atoms with van der Waals surface area (Å²) in [5.41, 5.74) is 4.80. The van der Waals surface area contributed by atoms with Crippen molar-refractivity contribution in [2.45, 2.75) is 18.6 Å². The first-order valence-corrected chi connectivity index (χ1v) is 13.4. The third kappa shape index (κ3) is 5.42. The standard InChI is InChI=1S/C28H25N5O2S2/c1-4-15-33-26(21-7-5-6-8-23(21)35-3)31-32-28(33)36-17-25(34)29-20-12-10-19(11-13-20)27-30-22-14-9-18(2)16-24(22)37-27/h4-14,16H,1,15,17H2,2-3H3,(H,29,34). The molecule has 0 saturated carbocycles. The topological polar surface area (TPSA) is 81.9 Å². The summed E-state index contributed by atoms with van der Waals surface area (Å²) in [6.45, 7) is 6.44. The van der Waals surface area contributed by atoms with Crippen LogP contribution in [0.1, 0.15) is 5.56 Å². The first-order valence-electron chi connectivity index (χ1n) is 11.6. The minimum Gasteiger partial charge on any atom is -0.496 e. The summed E-state index contributed by atoms with van der Waals surface area (Å²) in [5, 5.41) is 13.2. The van der Waals surface area contributed by atoms with Gasteiger partial charge in [-0.25, -0.2) is 4.98 Å². The summed E-state index contributed by atoms with van der Waals surface area (Å²) in [6.07, 6.45) is 1.78. The van der Waals surface area contributed by atoms with Gasteiger partial charge in [-0.15, -0.1) is 28.1 Å². The van der Waals surface area contributed by atoms with Crippen molar-refractivity contribution in [3.63, 3.8) is 0 Å². The van der Waals surface area contributed by atoms with Crippen LogP contribution in [0, 0.1) is 6.92 Å². The van der Waals surface area contributed by atoms with Crippen LogP contribution in [0.15, 0.2) is 84.5 Å². The zero-order valence-corrected chi connectivity index (χ0v) is 22.1. The van der Waals surface area contributed by atoms with Gasteiger partial charge in [0.25, 0.3) is 0 Å². The number of amides is 1. The number of methoxy groups -OCH3 is 1. The molecule has 0 aliphatic heterocycles. The number of benzene rings is 3. The summed E-state index contributed by atoms with van der Waals surface area (Å²) < 4.78 is 8.58. The Bertz CT molecular complexity index is 1570. The fourth-order valence-electron chi connectivity index (χ4n) is 3.90. The molecule has 1 amide bonds. The molecule has 1 N–H and O–H groups in total. The van der Waals surface area contributed by atoms with E-state index >= 15 is 0 Å². The quantitative estimate of drug-likeness (QED) is 0.175. The van der Waals surface area contributed by atoms with Crippen LogP contribution < -0.4 is 10.1 Å². The van der Waals surface area contributed by atoms with Gasteiger partial charge < -0.3 is 10.1 Å². The van der Waals surface area contributed by atoms with Crippen molar-refractivity contribution < 1.29 is 9.53 Å². The highest BCUT2D eigenvalue weighted by Crippen LogP contribution is 2.32. The summed E-state index contributed by atoms with van der Waals surface area (Å²) in [4.78, 5) is 17.4. The molecule has 0 radical (unpaired) electrons.